The number of amides is 2. The summed E-state index contributed by atoms with van der Waals surface area (Å²) in [5.41, 5.74) is 0.660. The largest absolute Gasteiger partial charge is 0.391 e. The third-order valence-corrected chi connectivity index (χ3v) is 3.49. The third kappa shape index (κ3) is 5.07. The highest BCUT2D eigenvalue weighted by molar-refractivity contribution is 5.73. The van der Waals surface area contributed by atoms with Crippen LogP contribution in [0.3, 0.4) is 0 Å². The third-order valence-electron chi connectivity index (χ3n) is 3.49. The SMILES string of the molecule is CC(C)(C)C(O)CNC(=O)NCc1ccnc(-n2ccnc2)c1. The molecule has 2 heterocycles. The molecule has 1 unspecified atom stereocenters. The van der Waals surface area contributed by atoms with Crippen LogP contribution in [-0.2, 0) is 6.54 Å². The number of aliphatic hydroxyl groups is 1. The van der Waals surface area contributed by atoms with Crippen LogP contribution in [0.1, 0.15) is 26.3 Å². The number of pyridine rings is 1. The highest BCUT2D eigenvalue weighted by Gasteiger charge is 2.22. The molecule has 0 saturated heterocycles. The second-order valence-corrected chi connectivity index (χ2v) is 6.44. The second-order valence-electron chi connectivity index (χ2n) is 6.44. The Hall–Kier alpha value is -2.41. The molecule has 0 saturated carbocycles. The number of nitrogens with zero attached hydrogens (tertiary/aromatic N) is 3. The van der Waals surface area contributed by atoms with Crippen molar-refractivity contribution in [3.8, 4) is 5.82 Å². The molecular weight excluding hydrogens is 294 g/mol. The zero-order valence-corrected chi connectivity index (χ0v) is 13.7. The molecule has 0 aliphatic carbocycles. The topological polar surface area (TPSA) is 92.1 Å². The summed E-state index contributed by atoms with van der Waals surface area (Å²) < 4.78 is 1.79. The summed E-state index contributed by atoms with van der Waals surface area (Å²) in [4.78, 5) is 20.0. The number of nitrogens with one attached hydrogen (secondary N) is 2. The summed E-state index contributed by atoms with van der Waals surface area (Å²) >= 11 is 0. The lowest BCUT2D eigenvalue weighted by Gasteiger charge is -2.25. The van der Waals surface area contributed by atoms with Crippen LogP contribution in [-0.4, -0.2) is 38.3 Å². The van der Waals surface area contributed by atoms with Gasteiger partial charge in [0.15, 0.2) is 0 Å². The normalized spacial score (nSPS) is 12.7. The minimum atomic E-state index is -0.595. The highest BCUT2D eigenvalue weighted by Crippen LogP contribution is 2.18. The zero-order chi connectivity index (χ0) is 16.9. The molecule has 1 atom stereocenters. The van der Waals surface area contributed by atoms with Crippen LogP contribution in [0, 0.1) is 5.41 Å². The molecular formula is C16H23N5O2. The monoisotopic (exact) mass is 317 g/mol. The van der Waals surface area contributed by atoms with Crippen LogP contribution in [0.15, 0.2) is 37.1 Å². The van der Waals surface area contributed by atoms with E-state index in [0.717, 1.165) is 11.4 Å². The smallest absolute Gasteiger partial charge is 0.315 e. The predicted molar refractivity (Wildman–Crippen MR) is 87.1 cm³/mol. The average Bonchev–Trinajstić information content (AvgIpc) is 3.04. The number of aliphatic hydroxyl groups excluding tert-OH is 1. The second kappa shape index (κ2) is 7.23. The number of imidazole rings is 1. The van der Waals surface area contributed by atoms with E-state index in [9.17, 15) is 9.90 Å². The molecule has 0 aromatic carbocycles. The van der Waals surface area contributed by atoms with Gasteiger partial charge < -0.3 is 15.7 Å². The van der Waals surface area contributed by atoms with E-state index < -0.39 is 6.10 Å². The van der Waals surface area contributed by atoms with Crippen molar-refractivity contribution in [2.75, 3.05) is 6.54 Å². The molecule has 23 heavy (non-hydrogen) atoms. The average molecular weight is 317 g/mol. The van der Waals surface area contributed by atoms with Crippen molar-refractivity contribution in [1.82, 2.24) is 25.2 Å². The van der Waals surface area contributed by atoms with Gasteiger partial charge in [-0.1, -0.05) is 20.8 Å². The quantitative estimate of drug-likeness (QED) is 0.779. The lowest BCUT2D eigenvalue weighted by atomic mass is 9.89. The van der Waals surface area contributed by atoms with Crippen molar-refractivity contribution in [2.24, 2.45) is 5.41 Å². The van der Waals surface area contributed by atoms with Gasteiger partial charge in [0.25, 0.3) is 0 Å². The summed E-state index contributed by atoms with van der Waals surface area (Å²) in [5, 5.41) is 15.3. The molecule has 0 fully saturated rings. The number of aromatic nitrogens is 3. The Labute approximate surface area is 135 Å². The van der Waals surface area contributed by atoms with Crippen molar-refractivity contribution in [3.05, 3.63) is 42.6 Å². The van der Waals surface area contributed by atoms with Crippen LogP contribution in [0.25, 0.3) is 5.82 Å². The van der Waals surface area contributed by atoms with E-state index in [4.69, 9.17) is 0 Å². The summed E-state index contributed by atoms with van der Waals surface area (Å²) in [5.74, 6) is 0.741. The van der Waals surface area contributed by atoms with Crippen molar-refractivity contribution >= 4 is 6.03 Å². The van der Waals surface area contributed by atoms with Crippen molar-refractivity contribution in [2.45, 2.75) is 33.4 Å². The Morgan fingerprint density at radius 3 is 2.78 bits per heavy atom. The molecule has 2 aromatic rings. The zero-order valence-electron chi connectivity index (χ0n) is 13.7. The van der Waals surface area contributed by atoms with Crippen LogP contribution in [0.5, 0.6) is 0 Å². The Balaban J connectivity index is 1.84. The van der Waals surface area contributed by atoms with E-state index in [-0.39, 0.29) is 18.0 Å². The summed E-state index contributed by atoms with van der Waals surface area (Å²) in [7, 11) is 0. The van der Waals surface area contributed by atoms with E-state index in [1.54, 1.807) is 29.5 Å². The standard InChI is InChI=1S/C16H23N5O2/c1-16(2,3)13(22)10-20-15(23)19-9-12-4-5-18-14(8-12)21-7-6-17-11-21/h4-8,11,13,22H,9-10H2,1-3H3,(H2,19,20,23). The van der Waals surface area contributed by atoms with Gasteiger partial charge in [-0.3, -0.25) is 4.57 Å². The Bertz CT molecular complexity index is 634. The minimum Gasteiger partial charge on any atom is -0.391 e. The maximum Gasteiger partial charge on any atom is 0.315 e. The Morgan fingerprint density at radius 2 is 2.13 bits per heavy atom. The van der Waals surface area contributed by atoms with Crippen molar-refractivity contribution in [1.29, 1.82) is 0 Å². The van der Waals surface area contributed by atoms with Gasteiger partial charge in [-0.25, -0.2) is 14.8 Å². The molecule has 2 amide bonds. The summed E-state index contributed by atoms with van der Waals surface area (Å²) in [6.45, 7) is 6.36. The van der Waals surface area contributed by atoms with E-state index in [1.807, 2.05) is 32.9 Å². The van der Waals surface area contributed by atoms with E-state index >= 15 is 0 Å². The van der Waals surface area contributed by atoms with Gasteiger partial charge in [0.05, 0.1) is 6.10 Å². The molecule has 3 N–H and O–H groups in total. The number of hydrogen-bond acceptors (Lipinski definition) is 4. The van der Waals surface area contributed by atoms with Gasteiger partial charge in [-0.2, -0.15) is 0 Å². The lowest BCUT2D eigenvalue weighted by Crippen LogP contribution is -2.43. The first kappa shape index (κ1) is 17.0. The van der Waals surface area contributed by atoms with Crippen LogP contribution >= 0.6 is 0 Å². The molecule has 0 spiro atoms. The summed E-state index contributed by atoms with van der Waals surface area (Å²) in [6.07, 6.45) is 6.25. The van der Waals surface area contributed by atoms with Crippen molar-refractivity contribution < 1.29 is 9.90 Å². The Kier molecular flexibility index (Phi) is 5.33. The fourth-order valence-electron chi connectivity index (χ4n) is 1.85. The maximum atomic E-state index is 11.8. The predicted octanol–water partition coefficient (Wildman–Crippen LogP) is 1.47. The number of rotatable bonds is 5. The van der Waals surface area contributed by atoms with Gasteiger partial charge >= 0.3 is 6.03 Å². The fourth-order valence-corrected chi connectivity index (χ4v) is 1.85. The Morgan fingerprint density at radius 1 is 1.35 bits per heavy atom. The lowest BCUT2D eigenvalue weighted by molar-refractivity contribution is 0.0650. The number of carbonyl (C=O) groups excluding carboxylic acids is 1. The number of urea groups is 1. The van der Waals surface area contributed by atoms with E-state index in [2.05, 4.69) is 20.6 Å². The van der Waals surface area contributed by atoms with Crippen LogP contribution < -0.4 is 10.6 Å². The molecule has 2 rings (SSSR count). The van der Waals surface area contributed by atoms with Crippen LogP contribution in [0.2, 0.25) is 0 Å². The van der Waals surface area contributed by atoms with E-state index in [1.165, 1.54) is 0 Å². The molecule has 7 heteroatoms. The fraction of sp³-hybridized carbons (Fsp3) is 0.438. The molecule has 0 radical (unpaired) electrons. The number of hydrogen-bond donors (Lipinski definition) is 3. The number of carbonyl (C=O) groups is 1. The molecule has 2 aromatic heterocycles. The van der Waals surface area contributed by atoms with Gasteiger partial charge in [0.2, 0.25) is 0 Å². The molecule has 0 bridgehead atoms. The van der Waals surface area contributed by atoms with Crippen molar-refractivity contribution in [3.63, 3.8) is 0 Å². The highest BCUT2D eigenvalue weighted by atomic mass is 16.3. The first-order valence-corrected chi connectivity index (χ1v) is 7.49. The van der Waals surface area contributed by atoms with Gasteiger partial charge in [-0.15, -0.1) is 0 Å². The molecule has 124 valence electrons. The minimum absolute atomic E-state index is 0.214. The van der Waals surface area contributed by atoms with Crippen LogP contribution in [0.4, 0.5) is 4.79 Å². The van der Waals surface area contributed by atoms with E-state index in [0.29, 0.717) is 6.54 Å². The van der Waals surface area contributed by atoms with Gasteiger partial charge in [0, 0.05) is 31.7 Å². The maximum absolute atomic E-state index is 11.8. The molecule has 0 aliphatic heterocycles. The first-order valence-electron chi connectivity index (χ1n) is 7.49. The molecule has 7 nitrogen and oxygen atoms in total. The first-order chi connectivity index (χ1) is 10.9. The summed E-state index contributed by atoms with van der Waals surface area (Å²) in [6, 6.07) is 3.41. The van der Waals surface area contributed by atoms with Gasteiger partial charge in [-0.05, 0) is 23.1 Å². The van der Waals surface area contributed by atoms with Gasteiger partial charge in [0.1, 0.15) is 12.1 Å². The molecule has 0 aliphatic rings.